The lowest BCUT2D eigenvalue weighted by Gasteiger charge is -2.32. The van der Waals surface area contributed by atoms with Crippen LogP contribution in [0.3, 0.4) is 0 Å². The van der Waals surface area contributed by atoms with Gasteiger partial charge in [0.15, 0.2) is 17.5 Å². The van der Waals surface area contributed by atoms with Crippen molar-refractivity contribution < 1.29 is 29.4 Å². The highest BCUT2D eigenvalue weighted by Gasteiger charge is 2.33. The fourth-order valence-electron chi connectivity index (χ4n) is 3.66. The van der Waals surface area contributed by atoms with Crippen LogP contribution in [-0.2, 0) is 19.2 Å². The van der Waals surface area contributed by atoms with Gasteiger partial charge in [-0.1, -0.05) is 55.4 Å². The third-order valence-electron chi connectivity index (χ3n) is 5.32. The van der Waals surface area contributed by atoms with E-state index in [0.29, 0.717) is 5.57 Å². The van der Waals surface area contributed by atoms with E-state index in [9.17, 15) is 19.2 Å². The van der Waals surface area contributed by atoms with Gasteiger partial charge in [-0.3, -0.25) is 19.2 Å². The number of ketones is 2. The predicted molar refractivity (Wildman–Crippen MR) is 120 cm³/mol. The normalized spacial score (nSPS) is 18.5. The Kier molecular flexibility index (Phi) is 9.56. The van der Waals surface area contributed by atoms with Crippen molar-refractivity contribution in [2.45, 2.75) is 60.3 Å². The Bertz CT molecular complexity index is 893. The third kappa shape index (κ3) is 8.32. The molecule has 0 bridgehead atoms. The molecule has 0 saturated carbocycles. The summed E-state index contributed by atoms with van der Waals surface area (Å²) in [6, 6.07) is 0. The summed E-state index contributed by atoms with van der Waals surface area (Å²) < 4.78 is 0. The van der Waals surface area contributed by atoms with Crippen molar-refractivity contribution in [3.05, 3.63) is 58.7 Å². The van der Waals surface area contributed by atoms with Gasteiger partial charge in [0.1, 0.15) is 6.42 Å². The number of Topliss-reactive ketones (excluding diaryl/α,β-unsaturated/α-hetero) is 1. The monoisotopic (exact) mass is 428 g/mol. The molecule has 0 fully saturated rings. The van der Waals surface area contributed by atoms with Crippen molar-refractivity contribution in [3.63, 3.8) is 0 Å². The summed E-state index contributed by atoms with van der Waals surface area (Å²) >= 11 is 0. The van der Waals surface area contributed by atoms with E-state index in [1.165, 1.54) is 17.6 Å². The molecule has 31 heavy (non-hydrogen) atoms. The molecule has 0 heterocycles. The molecule has 0 amide bonds. The van der Waals surface area contributed by atoms with E-state index >= 15 is 0 Å². The van der Waals surface area contributed by atoms with Crippen LogP contribution < -0.4 is 0 Å². The second-order valence-corrected chi connectivity index (χ2v) is 8.63. The van der Waals surface area contributed by atoms with Crippen molar-refractivity contribution in [2.24, 2.45) is 11.3 Å². The Morgan fingerprint density at radius 3 is 2.26 bits per heavy atom. The molecule has 6 heteroatoms. The molecule has 6 nitrogen and oxygen atoms in total. The number of carboxylic acid groups (broad SMARTS) is 2. The van der Waals surface area contributed by atoms with E-state index in [2.05, 4.69) is 26.8 Å². The first kappa shape index (κ1) is 26.0. The summed E-state index contributed by atoms with van der Waals surface area (Å²) in [6.07, 6.45) is 13.0. The Morgan fingerprint density at radius 1 is 1.06 bits per heavy atom. The summed E-state index contributed by atoms with van der Waals surface area (Å²) in [5.74, 6) is -7.21. The largest absolute Gasteiger partial charge is 0.481 e. The zero-order valence-electron chi connectivity index (χ0n) is 18.9. The zero-order valence-corrected chi connectivity index (χ0v) is 18.9. The Labute approximate surface area is 183 Å². The average molecular weight is 429 g/mol. The number of carbonyl (C=O) groups is 4. The van der Waals surface area contributed by atoms with E-state index < -0.39 is 35.8 Å². The summed E-state index contributed by atoms with van der Waals surface area (Å²) in [4.78, 5) is 45.7. The Balaban J connectivity index is 2.87. The first-order chi connectivity index (χ1) is 14.3. The standard InChI is InChI=1S/C25H32O6/c1-16(11-12-19-18(3)10-7-13-25(19,4)5)8-6-9-17(2)14-20(26)23(24(30)31)21(27)15-22(28)29/h6,8-9,11-12,14,23H,7,10,13,15H2,1-5H3,(H,28,29)(H,30,31)/b9-6+,12-11+,16-8+,17-14+. The zero-order chi connectivity index (χ0) is 23.8. The first-order valence-corrected chi connectivity index (χ1v) is 10.3. The SMILES string of the molecule is CC1=C(/C=C/C(C)=C/C=C/C(C)=C/C(=O)C(C(=O)O)C(=O)CC(=O)O)C(C)(C)CCC1. The molecule has 1 atom stereocenters. The molecule has 1 unspecified atom stereocenters. The van der Waals surface area contributed by atoms with E-state index in [-0.39, 0.29) is 5.41 Å². The molecule has 0 spiro atoms. The summed E-state index contributed by atoms with van der Waals surface area (Å²) in [6.45, 7) is 10.3. The number of rotatable bonds is 10. The van der Waals surface area contributed by atoms with Gasteiger partial charge in [-0.05, 0) is 62.7 Å². The number of carbonyl (C=O) groups excluding carboxylic acids is 2. The van der Waals surface area contributed by atoms with E-state index in [1.54, 1.807) is 19.1 Å². The fraction of sp³-hybridized carbons (Fsp3) is 0.440. The van der Waals surface area contributed by atoms with Crippen LogP contribution in [0.1, 0.15) is 60.3 Å². The summed E-state index contributed by atoms with van der Waals surface area (Å²) in [7, 11) is 0. The van der Waals surface area contributed by atoms with Crippen molar-refractivity contribution in [1.29, 1.82) is 0 Å². The molecule has 0 aromatic heterocycles. The molecule has 0 aromatic carbocycles. The van der Waals surface area contributed by atoms with Crippen molar-refractivity contribution >= 4 is 23.5 Å². The van der Waals surface area contributed by atoms with Gasteiger partial charge in [-0.15, -0.1) is 0 Å². The summed E-state index contributed by atoms with van der Waals surface area (Å²) in [5, 5.41) is 17.8. The van der Waals surface area contributed by atoms with Gasteiger partial charge < -0.3 is 10.2 Å². The fourth-order valence-corrected chi connectivity index (χ4v) is 3.66. The quantitative estimate of drug-likeness (QED) is 0.293. The maximum Gasteiger partial charge on any atom is 0.322 e. The van der Waals surface area contributed by atoms with Crippen LogP contribution in [0.4, 0.5) is 0 Å². The molecular formula is C25H32O6. The minimum atomic E-state index is -2.00. The minimum absolute atomic E-state index is 0.160. The van der Waals surface area contributed by atoms with Crippen molar-refractivity contribution in [2.75, 3.05) is 0 Å². The van der Waals surface area contributed by atoms with Crippen LogP contribution in [0, 0.1) is 11.3 Å². The van der Waals surface area contributed by atoms with Gasteiger partial charge in [-0.25, -0.2) is 0 Å². The van der Waals surface area contributed by atoms with Gasteiger partial charge in [0.25, 0.3) is 0 Å². The van der Waals surface area contributed by atoms with Gasteiger partial charge >= 0.3 is 11.9 Å². The van der Waals surface area contributed by atoms with Gasteiger partial charge in [0.2, 0.25) is 0 Å². The number of allylic oxidation sites excluding steroid dienone is 10. The average Bonchev–Trinajstić information content (AvgIpc) is 2.59. The molecule has 1 rings (SSSR count). The second kappa shape index (κ2) is 11.4. The first-order valence-electron chi connectivity index (χ1n) is 10.3. The summed E-state index contributed by atoms with van der Waals surface area (Å²) in [5.41, 5.74) is 4.41. The molecule has 2 N–H and O–H groups in total. The van der Waals surface area contributed by atoms with Crippen LogP contribution in [0.5, 0.6) is 0 Å². The smallest absolute Gasteiger partial charge is 0.322 e. The number of hydrogen-bond acceptors (Lipinski definition) is 4. The number of hydrogen-bond donors (Lipinski definition) is 2. The van der Waals surface area contributed by atoms with E-state index in [0.717, 1.165) is 24.5 Å². The number of aliphatic carboxylic acids is 2. The van der Waals surface area contributed by atoms with E-state index in [4.69, 9.17) is 10.2 Å². The topological polar surface area (TPSA) is 109 Å². The van der Waals surface area contributed by atoms with Gasteiger partial charge in [0, 0.05) is 0 Å². The Hall–Kier alpha value is -3.02. The minimum Gasteiger partial charge on any atom is -0.481 e. The number of carboxylic acids is 2. The molecule has 168 valence electrons. The predicted octanol–water partition coefficient (Wildman–Crippen LogP) is 4.83. The lowest BCUT2D eigenvalue weighted by atomic mass is 9.72. The molecule has 0 aliphatic heterocycles. The van der Waals surface area contributed by atoms with Crippen molar-refractivity contribution in [3.8, 4) is 0 Å². The van der Waals surface area contributed by atoms with Crippen LogP contribution in [0.2, 0.25) is 0 Å². The highest BCUT2D eigenvalue weighted by Crippen LogP contribution is 2.40. The molecule has 0 radical (unpaired) electrons. The lowest BCUT2D eigenvalue weighted by Crippen LogP contribution is -2.32. The Morgan fingerprint density at radius 2 is 1.71 bits per heavy atom. The van der Waals surface area contributed by atoms with E-state index in [1.807, 2.05) is 19.1 Å². The highest BCUT2D eigenvalue weighted by atomic mass is 16.4. The van der Waals surface area contributed by atoms with Crippen LogP contribution in [-0.4, -0.2) is 33.7 Å². The molecule has 0 saturated heterocycles. The maximum absolute atomic E-state index is 12.1. The second-order valence-electron chi connectivity index (χ2n) is 8.63. The maximum atomic E-state index is 12.1. The van der Waals surface area contributed by atoms with Gasteiger partial charge in [-0.2, -0.15) is 0 Å². The highest BCUT2D eigenvalue weighted by molar-refractivity contribution is 6.22. The lowest BCUT2D eigenvalue weighted by molar-refractivity contribution is -0.150. The van der Waals surface area contributed by atoms with Gasteiger partial charge in [0.05, 0.1) is 0 Å². The molecular weight excluding hydrogens is 396 g/mol. The molecule has 1 aliphatic carbocycles. The van der Waals surface area contributed by atoms with Crippen LogP contribution in [0.15, 0.2) is 58.7 Å². The van der Waals surface area contributed by atoms with Crippen molar-refractivity contribution in [1.82, 2.24) is 0 Å². The van der Waals surface area contributed by atoms with Crippen LogP contribution >= 0.6 is 0 Å². The third-order valence-corrected chi connectivity index (χ3v) is 5.32. The van der Waals surface area contributed by atoms with Crippen LogP contribution in [0.25, 0.3) is 0 Å². The molecule has 0 aromatic rings. The molecule has 1 aliphatic rings.